The van der Waals surface area contributed by atoms with Crippen molar-refractivity contribution in [3.8, 4) is 5.75 Å². The second-order valence-electron chi connectivity index (χ2n) is 2.41. The Balaban J connectivity index is 2.50. The van der Waals surface area contributed by atoms with Gasteiger partial charge < -0.3 is 9.84 Å². The van der Waals surface area contributed by atoms with Crippen molar-refractivity contribution < 1.29 is 14.6 Å². The van der Waals surface area contributed by atoms with Gasteiger partial charge in [0.25, 0.3) is 0 Å². The van der Waals surface area contributed by atoms with Crippen LogP contribution in [0, 0.1) is 5.41 Å². The summed E-state index contributed by atoms with van der Waals surface area (Å²) in [5, 5.41) is 15.5. The van der Waals surface area contributed by atoms with E-state index in [4.69, 9.17) is 15.3 Å². The molecule has 0 amide bonds. The molecule has 0 heterocycles. The smallest absolute Gasteiger partial charge is 0.312 e. The van der Waals surface area contributed by atoms with E-state index in [2.05, 4.69) is 0 Å². The molecule has 4 nitrogen and oxygen atoms in total. The number of hydrogen-bond acceptors (Lipinski definition) is 3. The molecule has 0 atom stereocenters. The molecular weight excluding hydrogens is 170 g/mol. The van der Waals surface area contributed by atoms with Gasteiger partial charge in [0.2, 0.25) is 0 Å². The van der Waals surface area contributed by atoms with Gasteiger partial charge in [-0.05, 0) is 12.1 Å². The highest BCUT2D eigenvalue weighted by Gasteiger charge is 2.05. The number of benzene rings is 1. The number of aliphatic carboxylic acids is 1. The molecule has 0 saturated carbocycles. The van der Waals surface area contributed by atoms with Crippen LogP contribution in [0.2, 0.25) is 0 Å². The third kappa shape index (κ3) is 3.37. The molecule has 4 heteroatoms. The summed E-state index contributed by atoms with van der Waals surface area (Å²) in [6, 6.07) is 8.65. The summed E-state index contributed by atoms with van der Waals surface area (Å²) < 4.78 is 4.93. The van der Waals surface area contributed by atoms with Crippen molar-refractivity contribution in [1.82, 2.24) is 0 Å². The normalized spacial score (nSPS) is 9.23. The lowest BCUT2D eigenvalue weighted by Crippen LogP contribution is -2.12. The molecule has 0 saturated heterocycles. The maximum atomic E-state index is 10.2. The largest absolute Gasteiger partial charge is 0.481 e. The van der Waals surface area contributed by atoms with Crippen LogP contribution < -0.4 is 4.74 Å². The van der Waals surface area contributed by atoms with Crippen LogP contribution in [0.3, 0.4) is 0 Å². The zero-order chi connectivity index (χ0) is 9.68. The number of carbonyl (C=O) groups is 1. The van der Waals surface area contributed by atoms with Crippen LogP contribution in [0.1, 0.15) is 6.42 Å². The Hall–Kier alpha value is -1.84. The van der Waals surface area contributed by atoms with E-state index in [1.807, 2.05) is 6.07 Å². The Kier molecular flexibility index (Phi) is 3.03. The molecule has 0 aliphatic heterocycles. The number of hydrogen-bond donors (Lipinski definition) is 2. The second kappa shape index (κ2) is 4.25. The van der Waals surface area contributed by atoms with E-state index in [1.165, 1.54) is 0 Å². The number of para-hydroxylation sites is 1. The van der Waals surface area contributed by atoms with Gasteiger partial charge in [0.15, 0.2) is 5.90 Å². The summed E-state index contributed by atoms with van der Waals surface area (Å²) in [6.07, 6.45) is -0.394. The molecule has 1 aromatic carbocycles. The third-order valence-corrected chi connectivity index (χ3v) is 1.30. The maximum absolute atomic E-state index is 10.2. The van der Waals surface area contributed by atoms with E-state index in [9.17, 15) is 4.79 Å². The highest BCUT2D eigenvalue weighted by molar-refractivity contribution is 5.92. The minimum Gasteiger partial charge on any atom is -0.481 e. The maximum Gasteiger partial charge on any atom is 0.312 e. The average Bonchev–Trinajstić information content (AvgIpc) is 2.04. The van der Waals surface area contributed by atoms with Crippen LogP contribution in [0.15, 0.2) is 30.3 Å². The lowest BCUT2D eigenvalue weighted by molar-refractivity contribution is -0.135. The van der Waals surface area contributed by atoms with E-state index < -0.39 is 12.4 Å². The molecule has 2 N–H and O–H groups in total. The Morgan fingerprint density at radius 1 is 1.38 bits per heavy atom. The van der Waals surface area contributed by atoms with Crippen molar-refractivity contribution in [2.75, 3.05) is 0 Å². The van der Waals surface area contributed by atoms with Gasteiger partial charge in [-0.15, -0.1) is 0 Å². The number of ether oxygens (including phenoxy) is 1. The molecule has 0 aromatic heterocycles. The Labute approximate surface area is 75.3 Å². The fourth-order valence-electron chi connectivity index (χ4n) is 0.804. The minimum atomic E-state index is -1.07. The summed E-state index contributed by atoms with van der Waals surface area (Å²) in [5.41, 5.74) is 0. The van der Waals surface area contributed by atoms with Gasteiger partial charge in [-0.2, -0.15) is 0 Å². The molecule has 0 aliphatic carbocycles. The first kappa shape index (κ1) is 9.25. The fraction of sp³-hybridized carbons (Fsp3) is 0.111. The lowest BCUT2D eigenvalue weighted by Gasteiger charge is -2.03. The average molecular weight is 179 g/mol. The monoisotopic (exact) mass is 179 g/mol. The van der Waals surface area contributed by atoms with Crippen molar-refractivity contribution in [3.05, 3.63) is 30.3 Å². The van der Waals surface area contributed by atoms with Crippen molar-refractivity contribution in [3.63, 3.8) is 0 Å². The number of carboxylic acids is 1. The predicted molar refractivity (Wildman–Crippen MR) is 47.0 cm³/mol. The Bertz CT molecular complexity index is 308. The van der Waals surface area contributed by atoms with Crippen LogP contribution >= 0.6 is 0 Å². The van der Waals surface area contributed by atoms with Crippen LogP contribution in [0.4, 0.5) is 0 Å². The van der Waals surface area contributed by atoms with Crippen LogP contribution in [0.5, 0.6) is 5.75 Å². The topological polar surface area (TPSA) is 70.4 Å². The van der Waals surface area contributed by atoms with E-state index >= 15 is 0 Å². The highest BCUT2D eigenvalue weighted by atomic mass is 16.5. The van der Waals surface area contributed by atoms with Gasteiger partial charge in [0.1, 0.15) is 12.2 Å². The Morgan fingerprint density at radius 2 is 2.00 bits per heavy atom. The van der Waals surface area contributed by atoms with Crippen LogP contribution in [-0.4, -0.2) is 17.0 Å². The van der Waals surface area contributed by atoms with Gasteiger partial charge in [0, 0.05) is 0 Å². The van der Waals surface area contributed by atoms with Crippen molar-refractivity contribution in [2.45, 2.75) is 6.42 Å². The first-order valence-electron chi connectivity index (χ1n) is 3.70. The standard InChI is InChI=1S/C9H9NO3/c10-8(6-9(11)12)13-7-4-2-1-3-5-7/h1-5,10H,6H2,(H,11,12). The molecule has 0 spiro atoms. The molecule has 0 unspecified atom stereocenters. The fourth-order valence-corrected chi connectivity index (χ4v) is 0.804. The minimum absolute atomic E-state index is 0.265. The third-order valence-electron chi connectivity index (χ3n) is 1.30. The SMILES string of the molecule is N=C(CC(=O)O)Oc1ccccc1. The van der Waals surface area contributed by atoms with Crippen molar-refractivity contribution >= 4 is 11.9 Å². The Morgan fingerprint density at radius 3 is 2.54 bits per heavy atom. The molecule has 0 fully saturated rings. The van der Waals surface area contributed by atoms with Crippen LogP contribution in [0.25, 0.3) is 0 Å². The number of nitrogens with one attached hydrogen (secondary N) is 1. The molecule has 13 heavy (non-hydrogen) atoms. The first-order chi connectivity index (χ1) is 6.18. The first-order valence-corrected chi connectivity index (χ1v) is 3.70. The lowest BCUT2D eigenvalue weighted by atomic mass is 10.3. The summed E-state index contributed by atoms with van der Waals surface area (Å²) >= 11 is 0. The molecule has 1 rings (SSSR count). The molecular formula is C9H9NO3. The molecule has 0 bridgehead atoms. The zero-order valence-corrected chi connectivity index (χ0v) is 6.86. The van der Waals surface area contributed by atoms with E-state index in [0.717, 1.165) is 0 Å². The quantitative estimate of drug-likeness (QED) is 0.545. The molecule has 0 aliphatic rings. The van der Waals surface area contributed by atoms with Gasteiger partial charge in [-0.3, -0.25) is 10.2 Å². The number of rotatable bonds is 3. The second-order valence-corrected chi connectivity index (χ2v) is 2.41. The van der Waals surface area contributed by atoms with Crippen LogP contribution in [-0.2, 0) is 4.79 Å². The molecule has 1 aromatic rings. The molecule has 68 valence electrons. The van der Waals surface area contributed by atoms with Gasteiger partial charge >= 0.3 is 5.97 Å². The summed E-state index contributed by atoms with van der Waals surface area (Å²) in [7, 11) is 0. The highest BCUT2D eigenvalue weighted by Crippen LogP contribution is 2.08. The summed E-state index contributed by atoms with van der Waals surface area (Å²) in [5.74, 6) is -0.853. The summed E-state index contributed by atoms with van der Waals surface area (Å²) in [4.78, 5) is 10.2. The van der Waals surface area contributed by atoms with Crippen molar-refractivity contribution in [2.24, 2.45) is 0 Å². The van der Waals surface area contributed by atoms with E-state index in [0.29, 0.717) is 5.75 Å². The molecule has 0 radical (unpaired) electrons. The van der Waals surface area contributed by atoms with Gasteiger partial charge in [0.05, 0.1) is 0 Å². The van der Waals surface area contributed by atoms with E-state index in [-0.39, 0.29) is 5.90 Å². The zero-order valence-electron chi connectivity index (χ0n) is 6.86. The van der Waals surface area contributed by atoms with Gasteiger partial charge in [-0.25, -0.2) is 0 Å². The predicted octanol–water partition coefficient (Wildman–Crippen LogP) is 1.52. The van der Waals surface area contributed by atoms with E-state index in [1.54, 1.807) is 24.3 Å². The van der Waals surface area contributed by atoms with Gasteiger partial charge in [-0.1, -0.05) is 18.2 Å². The number of carboxylic acid groups (broad SMARTS) is 1. The summed E-state index contributed by atoms with van der Waals surface area (Å²) in [6.45, 7) is 0. The van der Waals surface area contributed by atoms with Crippen molar-refractivity contribution in [1.29, 1.82) is 5.41 Å².